The predicted molar refractivity (Wildman–Crippen MR) is 71.6 cm³/mol. The summed E-state index contributed by atoms with van der Waals surface area (Å²) in [7, 11) is 0. The van der Waals surface area contributed by atoms with E-state index < -0.39 is 5.97 Å². The molecule has 0 radical (unpaired) electrons. The Hall–Kier alpha value is -1.26. The Morgan fingerprint density at radius 2 is 1.94 bits per heavy atom. The van der Waals surface area contributed by atoms with Crippen molar-refractivity contribution in [1.29, 1.82) is 0 Å². The van der Waals surface area contributed by atoms with Crippen LogP contribution >= 0.6 is 0 Å². The third kappa shape index (κ3) is 7.92. The topological polar surface area (TPSA) is 69.6 Å². The summed E-state index contributed by atoms with van der Waals surface area (Å²) in [5.74, 6) is -0.786. The van der Waals surface area contributed by atoms with Crippen molar-refractivity contribution in [1.82, 2.24) is 10.2 Å². The van der Waals surface area contributed by atoms with E-state index in [0.29, 0.717) is 19.4 Å². The first-order chi connectivity index (χ1) is 8.51. The highest BCUT2D eigenvalue weighted by atomic mass is 16.4. The van der Waals surface area contributed by atoms with Gasteiger partial charge in [0.2, 0.25) is 0 Å². The van der Waals surface area contributed by atoms with Gasteiger partial charge >= 0.3 is 12.0 Å². The molecule has 5 nitrogen and oxygen atoms in total. The van der Waals surface area contributed by atoms with E-state index in [2.05, 4.69) is 12.2 Å². The fraction of sp³-hybridized carbons (Fsp3) is 0.846. The zero-order valence-corrected chi connectivity index (χ0v) is 11.7. The van der Waals surface area contributed by atoms with Crippen LogP contribution in [0.15, 0.2) is 0 Å². The van der Waals surface area contributed by atoms with Gasteiger partial charge in [0.15, 0.2) is 0 Å². The van der Waals surface area contributed by atoms with Gasteiger partial charge in [-0.2, -0.15) is 0 Å². The monoisotopic (exact) mass is 258 g/mol. The number of nitrogens with zero attached hydrogens (tertiary/aromatic N) is 1. The molecule has 0 fully saturated rings. The van der Waals surface area contributed by atoms with Crippen LogP contribution < -0.4 is 5.32 Å². The number of nitrogens with one attached hydrogen (secondary N) is 1. The predicted octanol–water partition coefficient (Wildman–Crippen LogP) is 2.46. The molecule has 2 N–H and O–H groups in total. The van der Waals surface area contributed by atoms with E-state index in [1.165, 1.54) is 0 Å². The van der Waals surface area contributed by atoms with Crippen molar-refractivity contribution in [2.24, 2.45) is 0 Å². The van der Waals surface area contributed by atoms with Crippen LogP contribution in [0, 0.1) is 0 Å². The zero-order chi connectivity index (χ0) is 14.0. The van der Waals surface area contributed by atoms with Gasteiger partial charge in [0.05, 0.1) is 0 Å². The quantitative estimate of drug-likeness (QED) is 0.667. The summed E-state index contributed by atoms with van der Waals surface area (Å²) in [6, 6.07) is -0.0266. The highest BCUT2D eigenvalue weighted by molar-refractivity contribution is 5.74. The van der Waals surface area contributed by atoms with Crippen molar-refractivity contribution in [3.8, 4) is 0 Å². The van der Waals surface area contributed by atoms with Gasteiger partial charge in [-0.3, -0.25) is 4.79 Å². The molecule has 1 unspecified atom stereocenters. The normalized spacial score (nSPS) is 11.9. The average molecular weight is 258 g/mol. The minimum atomic E-state index is -0.786. The number of unbranched alkanes of at least 4 members (excludes halogenated alkanes) is 1. The molecule has 2 amide bonds. The Morgan fingerprint density at radius 3 is 2.44 bits per heavy atom. The Balaban J connectivity index is 3.92. The first-order valence-electron chi connectivity index (χ1n) is 6.78. The summed E-state index contributed by atoms with van der Waals surface area (Å²) in [6.45, 7) is 7.45. The molecule has 0 aliphatic rings. The van der Waals surface area contributed by atoms with Gasteiger partial charge in [-0.05, 0) is 33.1 Å². The second-order valence-corrected chi connectivity index (χ2v) is 4.57. The minimum absolute atomic E-state index is 0.0209. The van der Waals surface area contributed by atoms with Crippen LogP contribution in [0.25, 0.3) is 0 Å². The SMILES string of the molecule is CCCCN(CC)C(=O)NC(C)CCCC(=O)O. The third-order valence-electron chi connectivity index (χ3n) is 2.85. The maximum atomic E-state index is 11.9. The number of carbonyl (C=O) groups excluding carboxylic acids is 1. The second kappa shape index (κ2) is 9.74. The van der Waals surface area contributed by atoms with Gasteiger partial charge in [0.1, 0.15) is 0 Å². The molecule has 0 aromatic rings. The summed E-state index contributed by atoms with van der Waals surface area (Å²) < 4.78 is 0. The number of amides is 2. The lowest BCUT2D eigenvalue weighted by Crippen LogP contribution is -2.44. The molecule has 106 valence electrons. The fourth-order valence-corrected chi connectivity index (χ4v) is 1.69. The molecule has 0 spiro atoms. The fourth-order valence-electron chi connectivity index (χ4n) is 1.69. The van der Waals surface area contributed by atoms with Gasteiger partial charge in [-0.15, -0.1) is 0 Å². The Morgan fingerprint density at radius 1 is 1.28 bits per heavy atom. The van der Waals surface area contributed by atoms with Gasteiger partial charge < -0.3 is 15.3 Å². The Bertz CT molecular complexity index is 257. The molecule has 0 saturated carbocycles. The lowest BCUT2D eigenvalue weighted by Gasteiger charge is -2.23. The number of carbonyl (C=O) groups is 2. The van der Waals surface area contributed by atoms with Crippen LogP contribution in [-0.4, -0.2) is 41.1 Å². The Labute approximate surface area is 110 Å². The molecule has 5 heteroatoms. The van der Waals surface area contributed by atoms with Gasteiger partial charge in [-0.25, -0.2) is 4.79 Å². The largest absolute Gasteiger partial charge is 0.481 e. The number of hydrogen-bond acceptors (Lipinski definition) is 2. The van der Waals surface area contributed by atoms with Crippen molar-refractivity contribution in [2.75, 3.05) is 13.1 Å². The number of urea groups is 1. The van der Waals surface area contributed by atoms with Crippen molar-refractivity contribution in [3.63, 3.8) is 0 Å². The van der Waals surface area contributed by atoms with Gasteiger partial charge in [-0.1, -0.05) is 13.3 Å². The minimum Gasteiger partial charge on any atom is -0.481 e. The van der Waals surface area contributed by atoms with E-state index in [1.54, 1.807) is 4.90 Å². The molecule has 0 aliphatic carbocycles. The number of hydrogen-bond donors (Lipinski definition) is 2. The Kier molecular flexibility index (Phi) is 9.06. The highest BCUT2D eigenvalue weighted by Crippen LogP contribution is 2.02. The smallest absolute Gasteiger partial charge is 0.317 e. The number of aliphatic carboxylic acids is 1. The van der Waals surface area contributed by atoms with Crippen molar-refractivity contribution >= 4 is 12.0 Å². The molecular weight excluding hydrogens is 232 g/mol. The number of carboxylic acids is 1. The second-order valence-electron chi connectivity index (χ2n) is 4.57. The summed E-state index contributed by atoms with van der Waals surface area (Å²) in [5.41, 5.74) is 0. The molecule has 0 heterocycles. The van der Waals surface area contributed by atoms with E-state index in [0.717, 1.165) is 19.4 Å². The molecular formula is C13H26N2O3. The zero-order valence-electron chi connectivity index (χ0n) is 11.7. The summed E-state index contributed by atoms with van der Waals surface area (Å²) in [5, 5.41) is 11.4. The summed E-state index contributed by atoms with van der Waals surface area (Å²) >= 11 is 0. The average Bonchev–Trinajstić information content (AvgIpc) is 2.29. The molecule has 1 atom stereocenters. The standard InChI is InChI=1S/C13H26N2O3/c1-4-6-10-15(5-2)13(18)14-11(3)8-7-9-12(16)17/h11H,4-10H2,1-3H3,(H,14,18)(H,16,17). The van der Waals surface area contributed by atoms with Crippen LogP contribution in [0.4, 0.5) is 4.79 Å². The molecule has 0 saturated heterocycles. The number of carboxylic acid groups (broad SMARTS) is 1. The van der Waals surface area contributed by atoms with Crippen LogP contribution in [-0.2, 0) is 4.79 Å². The first-order valence-corrected chi connectivity index (χ1v) is 6.78. The van der Waals surface area contributed by atoms with Crippen molar-refractivity contribution < 1.29 is 14.7 Å². The first kappa shape index (κ1) is 16.7. The molecule has 0 rings (SSSR count). The van der Waals surface area contributed by atoms with Crippen LogP contribution in [0.5, 0.6) is 0 Å². The van der Waals surface area contributed by atoms with Crippen LogP contribution in [0.1, 0.15) is 52.9 Å². The number of rotatable bonds is 9. The van der Waals surface area contributed by atoms with E-state index in [1.807, 2.05) is 13.8 Å². The molecule has 18 heavy (non-hydrogen) atoms. The van der Waals surface area contributed by atoms with Gasteiger partial charge in [0.25, 0.3) is 0 Å². The molecule has 0 bridgehead atoms. The van der Waals surface area contributed by atoms with E-state index in [9.17, 15) is 9.59 Å². The van der Waals surface area contributed by atoms with Crippen molar-refractivity contribution in [2.45, 2.75) is 58.9 Å². The summed E-state index contributed by atoms with van der Waals surface area (Å²) in [4.78, 5) is 24.1. The molecule has 0 aromatic heterocycles. The third-order valence-corrected chi connectivity index (χ3v) is 2.85. The van der Waals surface area contributed by atoms with Crippen molar-refractivity contribution in [3.05, 3.63) is 0 Å². The van der Waals surface area contributed by atoms with Crippen LogP contribution in [0.2, 0.25) is 0 Å². The molecule has 0 aliphatic heterocycles. The lowest BCUT2D eigenvalue weighted by molar-refractivity contribution is -0.137. The maximum absolute atomic E-state index is 11.9. The van der Waals surface area contributed by atoms with E-state index >= 15 is 0 Å². The van der Waals surface area contributed by atoms with Gasteiger partial charge in [0, 0.05) is 25.6 Å². The maximum Gasteiger partial charge on any atom is 0.317 e. The van der Waals surface area contributed by atoms with Crippen LogP contribution in [0.3, 0.4) is 0 Å². The summed E-state index contributed by atoms with van der Waals surface area (Å²) in [6.07, 6.45) is 3.53. The van der Waals surface area contributed by atoms with E-state index in [4.69, 9.17) is 5.11 Å². The lowest BCUT2D eigenvalue weighted by atomic mass is 10.1. The highest BCUT2D eigenvalue weighted by Gasteiger charge is 2.13. The van der Waals surface area contributed by atoms with E-state index in [-0.39, 0.29) is 18.5 Å². The molecule has 0 aromatic carbocycles.